The number of benzene rings is 1. The van der Waals surface area contributed by atoms with E-state index in [1.54, 1.807) is 7.11 Å². The second-order valence-corrected chi connectivity index (χ2v) is 5.32. The van der Waals surface area contributed by atoms with E-state index in [1.807, 2.05) is 7.05 Å². The maximum absolute atomic E-state index is 5.42. The average Bonchev–Trinajstić information content (AvgIpc) is 2.39. The molecule has 0 aliphatic carbocycles. The van der Waals surface area contributed by atoms with Crippen molar-refractivity contribution in [3.05, 3.63) is 28.3 Å². The number of rotatable bonds is 7. The smallest absolute Gasteiger partial charge is 0.122 e. The van der Waals surface area contributed by atoms with Crippen molar-refractivity contribution in [2.45, 2.75) is 33.7 Å². The number of hydrogen-bond acceptors (Lipinski definition) is 3. The molecule has 0 unspecified atom stereocenters. The first-order valence-corrected chi connectivity index (χ1v) is 6.98. The lowest BCUT2D eigenvalue weighted by Crippen LogP contribution is -2.23. The van der Waals surface area contributed by atoms with E-state index in [2.05, 4.69) is 44.1 Å². The molecule has 108 valence electrons. The van der Waals surface area contributed by atoms with Crippen molar-refractivity contribution in [3.63, 3.8) is 0 Å². The lowest BCUT2D eigenvalue weighted by molar-refractivity contribution is 0.319. The number of methoxy groups -OCH3 is 1. The number of ether oxygens (including phenoxy) is 1. The van der Waals surface area contributed by atoms with E-state index in [0.29, 0.717) is 0 Å². The topological polar surface area (TPSA) is 24.5 Å². The van der Waals surface area contributed by atoms with Crippen LogP contribution in [0.2, 0.25) is 0 Å². The molecular weight excluding hydrogens is 236 g/mol. The maximum Gasteiger partial charge on any atom is 0.122 e. The highest BCUT2D eigenvalue weighted by Gasteiger charge is 2.12. The molecule has 3 heteroatoms. The molecule has 1 aromatic rings. The van der Waals surface area contributed by atoms with Crippen LogP contribution in [0.5, 0.6) is 5.75 Å². The zero-order chi connectivity index (χ0) is 14.4. The van der Waals surface area contributed by atoms with E-state index in [0.717, 1.165) is 25.4 Å². The highest BCUT2D eigenvalue weighted by Crippen LogP contribution is 2.28. The highest BCUT2D eigenvalue weighted by molar-refractivity contribution is 5.48. The molecule has 0 spiro atoms. The van der Waals surface area contributed by atoms with Gasteiger partial charge < -0.3 is 15.0 Å². The van der Waals surface area contributed by atoms with Crippen LogP contribution in [0.15, 0.2) is 6.07 Å². The standard InChI is InChI=1S/C16H28N2O/c1-12-10-16(19-6)14(3)13(2)15(12)11-18(5)9-7-8-17-4/h10,17H,7-9,11H2,1-6H3. The summed E-state index contributed by atoms with van der Waals surface area (Å²) in [5, 5.41) is 3.19. The van der Waals surface area contributed by atoms with Gasteiger partial charge in [-0.05, 0) is 82.7 Å². The third-order valence-electron chi connectivity index (χ3n) is 3.82. The van der Waals surface area contributed by atoms with Crippen LogP contribution in [0, 0.1) is 20.8 Å². The quantitative estimate of drug-likeness (QED) is 0.766. The van der Waals surface area contributed by atoms with Crippen molar-refractivity contribution in [1.29, 1.82) is 0 Å². The molecule has 0 heterocycles. The number of aryl methyl sites for hydroxylation is 1. The first-order chi connectivity index (χ1) is 9.01. The SMILES string of the molecule is CNCCCN(C)Cc1c(C)cc(OC)c(C)c1C. The largest absolute Gasteiger partial charge is 0.496 e. The van der Waals surface area contributed by atoms with Crippen LogP contribution < -0.4 is 10.1 Å². The summed E-state index contributed by atoms with van der Waals surface area (Å²) in [6.07, 6.45) is 1.18. The molecule has 1 aromatic carbocycles. The van der Waals surface area contributed by atoms with Crippen molar-refractivity contribution in [1.82, 2.24) is 10.2 Å². The Bertz CT molecular complexity index is 416. The van der Waals surface area contributed by atoms with Gasteiger partial charge in [-0.25, -0.2) is 0 Å². The minimum Gasteiger partial charge on any atom is -0.496 e. The van der Waals surface area contributed by atoms with E-state index in [1.165, 1.54) is 28.7 Å². The molecule has 19 heavy (non-hydrogen) atoms. The maximum atomic E-state index is 5.42. The van der Waals surface area contributed by atoms with Crippen LogP contribution in [-0.4, -0.2) is 39.2 Å². The summed E-state index contributed by atoms with van der Waals surface area (Å²) < 4.78 is 5.42. The molecule has 0 aromatic heterocycles. The van der Waals surface area contributed by atoms with Crippen LogP contribution in [0.25, 0.3) is 0 Å². The lowest BCUT2D eigenvalue weighted by Gasteiger charge is -2.21. The molecule has 0 aliphatic rings. The number of hydrogen-bond donors (Lipinski definition) is 1. The van der Waals surface area contributed by atoms with Crippen molar-refractivity contribution < 1.29 is 4.74 Å². The fraction of sp³-hybridized carbons (Fsp3) is 0.625. The Balaban J connectivity index is 2.81. The Labute approximate surface area is 118 Å². The lowest BCUT2D eigenvalue weighted by atomic mass is 9.97. The second-order valence-electron chi connectivity index (χ2n) is 5.32. The van der Waals surface area contributed by atoms with Crippen molar-refractivity contribution >= 4 is 0 Å². The number of nitrogens with one attached hydrogen (secondary N) is 1. The Kier molecular flexibility index (Phi) is 6.32. The van der Waals surface area contributed by atoms with Crippen molar-refractivity contribution in [2.75, 3.05) is 34.3 Å². The minimum atomic E-state index is 0.997. The van der Waals surface area contributed by atoms with Gasteiger partial charge >= 0.3 is 0 Å². The third kappa shape index (κ3) is 4.22. The summed E-state index contributed by atoms with van der Waals surface area (Å²) >= 11 is 0. The van der Waals surface area contributed by atoms with Crippen LogP contribution in [0.4, 0.5) is 0 Å². The molecule has 0 aliphatic heterocycles. The summed E-state index contributed by atoms with van der Waals surface area (Å²) in [7, 11) is 5.93. The predicted molar refractivity (Wildman–Crippen MR) is 82.1 cm³/mol. The zero-order valence-corrected chi connectivity index (χ0v) is 13.3. The third-order valence-corrected chi connectivity index (χ3v) is 3.82. The Morgan fingerprint density at radius 2 is 1.89 bits per heavy atom. The van der Waals surface area contributed by atoms with Gasteiger partial charge in [0.15, 0.2) is 0 Å². The molecular formula is C16H28N2O. The van der Waals surface area contributed by atoms with Gasteiger partial charge in [0.1, 0.15) is 5.75 Å². The van der Waals surface area contributed by atoms with E-state index >= 15 is 0 Å². The zero-order valence-electron chi connectivity index (χ0n) is 13.3. The molecule has 0 bridgehead atoms. The van der Waals surface area contributed by atoms with Gasteiger partial charge in [0.25, 0.3) is 0 Å². The fourth-order valence-corrected chi connectivity index (χ4v) is 2.43. The van der Waals surface area contributed by atoms with E-state index < -0.39 is 0 Å². The van der Waals surface area contributed by atoms with Crippen LogP contribution >= 0.6 is 0 Å². The summed E-state index contributed by atoms with van der Waals surface area (Å²) in [4.78, 5) is 2.39. The van der Waals surface area contributed by atoms with Gasteiger partial charge in [-0.1, -0.05) is 0 Å². The van der Waals surface area contributed by atoms with E-state index in [9.17, 15) is 0 Å². The molecule has 0 radical (unpaired) electrons. The molecule has 0 amide bonds. The molecule has 0 atom stereocenters. The van der Waals surface area contributed by atoms with Crippen LogP contribution in [0.3, 0.4) is 0 Å². The summed E-state index contributed by atoms with van der Waals surface area (Å²) in [6, 6.07) is 2.15. The molecule has 0 saturated heterocycles. The molecule has 1 N–H and O–H groups in total. The van der Waals surface area contributed by atoms with Gasteiger partial charge in [0.05, 0.1) is 7.11 Å². The predicted octanol–water partition coefficient (Wildman–Crippen LogP) is 2.66. The first-order valence-electron chi connectivity index (χ1n) is 6.98. The van der Waals surface area contributed by atoms with Gasteiger partial charge in [-0.15, -0.1) is 0 Å². The fourth-order valence-electron chi connectivity index (χ4n) is 2.43. The van der Waals surface area contributed by atoms with Crippen LogP contribution in [-0.2, 0) is 6.54 Å². The van der Waals surface area contributed by atoms with Gasteiger partial charge in [0.2, 0.25) is 0 Å². The monoisotopic (exact) mass is 264 g/mol. The minimum absolute atomic E-state index is 0.997. The number of nitrogens with zero attached hydrogens (tertiary/aromatic N) is 1. The summed E-state index contributed by atoms with van der Waals surface area (Å²) in [5.41, 5.74) is 5.37. The van der Waals surface area contributed by atoms with Crippen molar-refractivity contribution in [3.8, 4) is 5.75 Å². The normalized spacial score (nSPS) is 11.1. The molecule has 0 saturated carbocycles. The van der Waals surface area contributed by atoms with Gasteiger partial charge in [0, 0.05) is 6.54 Å². The second kappa shape index (κ2) is 7.51. The van der Waals surface area contributed by atoms with Crippen LogP contribution in [0.1, 0.15) is 28.7 Å². The Morgan fingerprint density at radius 1 is 1.21 bits per heavy atom. The van der Waals surface area contributed by atoms with Crippen molar-refractivity contribution in [2.24, 2.45) is 0 Å². The Morgan fingerprint density at radius 3 is 2.47 bits per heavy atom. The average molecular weight is 264 g/mol. The highest BCUT2D eigenvalue weighted by atomic mass is 16.5. The first kappa shape index (κ1) is 16.0. The molecule has 0 fully saturated rings. The van der Waals surface area contributed by atoms with Gasteiger partial charge in [-0.3, -0.25) is 0 Å². The molecule has 3 nitrogen and oxygen atoms in total. The van der Waals surface area contributed by atoms with E-state index in [-0.39, 0.29) is 0 Å². The molecule has 1 rings (SSSR count). The van der Waals surface area contributed by atoms with E-state index in [4.69, 9.17) is 4.74 Å². The Hall–Kier alpha value is -1.06. The van der Waals surface area contributed by atoms with Gasteiger partial charge in [-0.2, -0.15) is 0 Å². The summed E-state index contributed by atoms with van der Waals surface area (Å²) in [6.45, 7) is 9.70. The summed E-state index contributed by atoms with van der Waals surface area (Å²) in [5.74, 6) is 0.997.